The molecule has 7 heteroatoms. The van der Waals surface area contributed by atoms with Crippen molar-refractivity contribution in [2.45, 2.75) is 32.6 Å². The van der Waals surface area contributed by atoms with E-state index in [4.69, 9.17) is 16.3 Å². The Morgan fingerprint density at radius 3 is 2.70 bits per heavy atom. The lowest BCUT2D eigenvalue weighted by atomic mass is 10.0. The molecular formula is C13H17ClNO4S-. The highest BCUT2D eigenvalue weighted by Gasteiger charge is 2.15. The average molecular weight is 319 g/mol. The molecule has 0 saturated heterocycles. The minimum atomic E-state index is -2.50. The molecule has 0 radical (unpaired) electrons. The van der Waals surface area contributed by atoms with Gasteiger partial charge in [0.15, 0.2) is 0 Å². The van der Waals surface area contributed by atoms with Gasteiger partial charge in [-0.05, 0) is 30.5 Å². The molecule has 0 aliphatic carbocycles. The number of hydrogen-bond donors (Lipinski definition) is 1. The fourth-order valence-corrected chi connectivity index (χ4v) is 2.49. The van der Waals surface area contributed by atoms with Crippen molar-refractivity contribution in [2.75, 3.05) is 11.8 Å². The summed E-state index contributed by atoms with van der Waals surface area (Å²) in [4.78, 5) is 11.8. The number of esters is 1. The molecule has 5 nitrogen and oxygen atoms in total. The Morgan fingerprint density at radius 1 is 1.45 bits per heavy atom. The number of carbonyl (C=O) groups excluding carboxylic acids is 1. The first-order valence-corrected chi connectivity index (χ1v) is 7.71. The van der Waals surface area contributed by atoms with Crippen molar-refractivity contribution in [3.05, 3.63) is 28.3 Å². The van der Waals surface area contributed by atoms with Crippen molar-refractivity contribution >= 4 is 34.5 Å². The smallest absolute Gasteiger partial charge is 0.338 e. The summed E-state index contributed by atoms with van der Waals surface area (Å²) in [6.07, 6.45) is 3.73. The summed E-state index contributed by atoms with van der Waals surface area (Å²) in [7, 11) is 1.28. The van der Waals surface area contributed by atoms with Crippen molar-refractivity contribution in [1.82, 2.24) is 0 Å². The summed E-state index contributed by atoms with van der Waals surface area (Å²) in [5.41, 5.74) is 1.26. The van der Waals surface area contributed by atoms with E-state index < -0.39 is 17.2 Å². The van der Waals surface area contributed by atoms with Crippen molar-refractivity contribution < 1.29 is 18.3 Å². The molecule has 0 bridgehead atoms. The highest BCUT2D eigenvalue weighted by molar-refractivity contribution is 7.80. The Bertz CT molecular complexity index is 507. The van der Waals surface area contributed by atoms with Gasteiger partial charge >= 0.3 is 5.97 Å². The summed E-state index contributed by atoms with van der Waals surface area (Å²) >= 11 is 3.52. The molecule has 0 spiro atoms. The van der Waals surface area contributed by atoms with E-state index in [9.17, 15) is 13.6 Å². The van der Waals surface area contributed by atoms with Crippen LogP contribution in [0, 0.1) is 0 Å². The number of unbranched alkanes of at least 4 members (excludes halogenated alkanes) is 2. The van der Waals surface area contributed by atoms with Crippen LogP contribution in [-0.4, -0.2) is 21.8 Å². The van der Waals surface area contributed by atoms with Crippen LogP contribution in [0.2, 0.25) is 5.02 Å². The van der Waals surface area contributed by atoms with E-state index in [-0.39, 0.29) is 10.7 Å². The number of anilines is 1. The molecule has 0 aromatic heterocycles. The second-order valence-electron chi connectivity index (χ2n) is 4.27. The van der Waals surface area contributed by atoms with Gasteiger partial charge in [-0.15, -0.1) is 0 Å². The maximum atomic E-state index is 11.8. The molecule has 1 N–H and O–H groups in total. The minimum absolute atomic E-state index is 0.166. The molecule has 1 aromatic carbocycles. The van der Waals surface area contributed by atoms with Gasteiger partial charge in [-0.25, -0.2) is 4.79 Å². The van der Waals surface area contributed by atoms with Crippen LogP contribution in [0.4, 0.5) is 5.69 Å². The van der Waals surface area contributed by atoms with Crippen LogP contribution in [0.1, 0.15) is 42.1 Å². The predicted octanol–water partition coefficient (Wildman–Crippen LogP) is 3.07. The summed E-state index contributed by atoms with van der Waals surface area (Å²) in [6.45, 7) is 2.09. The normalized spacial score (nSPS) is 12.0. The lowest BCUT2D eigenvalue weighted by Gasteiger charge is -2.15. The third kappa shape index (κ3) is 4.77. The van der Waals surface area contributed by atoms with E-state index >= 15 is 0 Å². The maximum absolute atomic E-state index is 11.8. The molecule has 20 heavy (non-hydrogen) atoms. The van der Waals surface area contributed by atoms with Crippen LogP contribution >= 0.6 is 11.6 Å². The second kappa shape index (κ2) is 8.24. The highest BCUT2D eigenvalue weighted by Crippen LogP contribution is 2.28. The number of nitrogens with one attached hydrogen (secondary N) is 1. The Balaban J connectivity index is 3.11. The van der Waals surface area contributed by atoms with Crippen LogP contribution in [0.3, 0.4) is 0 Å². The number of aryl methyl sites for hydroxylation is 1. The predicted molar refractivity (Wildman–Crippen MR) is 78.6 cm³/mol. The van der Waals surface area contributed by atoms with Gasteiger partial charge in [0.1, 0.15) is 0 Å². The Hall–Kier alpha value is -1.11. The van der Waals surface area contributed by atoms with Crippen LogP contribution in [0.5, 0.6) is 0 Å². The molecule has 1 aromatic rings. The summed E-state index contributed by atoms with van der Waals surface area (Å²) in [6, 6.07) is 3.02. The first-order chi connectivity index (χ1) is 9.49. The SMILES string of the molecule is CCCCCc1cc(Cl)c(NS(=O)[O-])cc1C(=O)OC. The number of hydrogen-bond acceptors (Lipinski definition) is 4. The molecular weight excluding hydrogens is 302 g/mol. The summed E-state index contributed by atoms with van der Waals surface area (Å²) in [5.74, 6) is -0.507. The number of rotatable bonds is 7. The largest absolute Gasteiger partial charge is 0.755 e. The second-order valence-corrected chi connectivity index (χ2v) is 5.36. The van der Waals surface area contributed by atoms with Crippen LogP contribution in [0.15, 0.2) is 12.1 Å². The summed E-state index contributed by atoms with van der Waals surface area (Å²) in [5, 5.41) is 0.258. The van der Waals surface area contributed by atoms with Gasteiger partial charge in [0.25, 0.3) is 0 Å². The number of carbonyl (C=O) groups is 1. The number of methoxy groups -OCH3 is 1. The molecule has 112 valence electrons. The van der Waals surface area contributed by atoms with Crippen LogP contribution in [0.25, 0.3) is 0 Å². The Morgan fingerprint density at radius 2 is 2.15 bits per heavy atom. The van der Waals surface area contributed by atoms with Gasteiger partial charge in [-0.2, -0.15) is 0 Å². The van der Waals surface area contributed by atoms with E-state index in [0.717, 1.165) is 24.8 Å². The topological polar surface area (TPSA) is 78.5 Å². The lowest BCUT2D eigenvalue weighted by Crippen LogP contribution is -2.09. The molecule has 0 heterocycles. The van der Waals surface area contributed by atoms with Crippen LogP contribution in [-0.2, 0) is 22.4 Å². The molecule has 0 aliphatic rings. The highest BCUT2D eigenvalue weighted by atomic mass is 35.5. The van der Waals surface area contributed by atoms with Crippen LogP contribution < -0.4 is 4.72 Å². The van der Waals surface area contributed by atoms with E-state index in [2.05, 4.69) is 11.6 Å². The first kappa shape index (κ1) is 16.9. The number of benzene rings is 1. The zero-order chi connectivity index (χ0) is 15.1. The molecule has 0 saturated carbocycles. The fourth-order valence-electron chi connectivity index (χ4n) is 1.85. The number of halogens is 1. The van der Waals surface area contributed by atoms with Crippen molar-refractivity contribution in [3.8, 4) is 0 Å². The average Bonchev–Trinajstić information content (AvgIpc) is 2.40. The van der Waals surface area contributed by atoms with Crippen molar-refractivity contribution in [2.24, 2.45) is 0 Å². The van der Waals surface area contributed by atoms with Gasteiger partial charge < -0.3 is 14.0 Å². The molecule has 0 amide bonds. The molecule has 0 aliphatic heterocycles. The standard InChI is InChI=1S/C13H18ClNO4S/c1-3-4-5-6-9-7-11(14)12(15-20(17)18)8-10(9)13(16)19-2/h7-8,15H,3-6H2,1-2H3,(H,17,18)/p-1. The minimum Gasteiger partial charge on any atom is -0.755 e. The lowest BCUT2D eigenvalue weighted by molar-refractivity contribution is 0.0599. The molecule has 1 atom stereocenters. The van der Waals surface area contributed by atoms with Crippen molar-refractivity contribution in [3.63, 3.8) is 0 Å². The van der Waals surface area contributed by atoms with E-state index in [1.165, 1.54) is 13.2 Å². The van der Waals surface area contributed by atoms with Gasteiger partial charge in [0.2, 0.25) is 0 Å². The zero-order valence-electron chi connectivity index (χ0n) is 11.4. The zero-order valence-corrected chi connectivity index (χ0v) is 13.0. The van der Waals surface area contributed by atoms with Gasteiger partial charge in [0, 0.05) is 11.3 Å². The van der Waals surface area contributed by atoms with Gasteiger partial charge in [-0.1, -0.05) is 31.4 Å². The maximum Gasteiger partial charge on any atom is 0.338 e. The monoisotopic (exact) mass is 318 g/mol. The summed E-state index contributed by atoms with van der Waals surface area (Å²) < 4.78 is 28.2. The van der Waals surface area contributed by atoms with Crippen molar-refractivity contribution in [1.29, 1.82) is 0 Å². The van der Waals surface area contributed by atoms with E-state index in [1.807, 2.05) is 0 Å². The number of ether oxygens (including phenoxy) is 1. The van der Waals surface area contributed by atoms with E-state index in [1.54, 1.807) is 6.07 Å². The Kier molecular flexibility index (Phi) is 6.98. The Labute approximate surface area is 126 Å². The van der Waals surface area contributed by atoms with Gasteiger partial charge in [0.05, 0.1) is 23.4 Å². The quantitative estimate of drug-likeness (QED) is 0.476. The molecule has 1 rings (SSSR count). The molecule has 1 unspecified atom stereocenters. The first-order valence-electron chi connectivity index (χ1n) is 6.26. The fraction of sp³-hybridized carbons (Fsp3) is 0.462. The third-order valence-corrected chi connectivity index (χ3v) is 3.54. The van der Waals surface area contributed by atoms with E-state index in [0.29, 0.717) is 12.0 Å². The van der Waals surface area contributed by atoms with Gasteiger partial charge in [-0.3, -0.25) is 4.21 Å². The third-order valence-electron chi connectivity index (χ3n) is 2.84. The molecule has 0 fully saturated rings.